The van der Waals surface area contributed by atoms with E-state index < -0.39 is 0 Å². The average molecular weight is 278 g/mol. The summed E-state index contributed by atoms with van der Waals surface area (Å²) >= 11 is 1.48. The maximum absolute atomic E-state index is 11.7. The van der Waals surface area contributed by atoms with E-state index in [4.69, 9.17) is 0 Å². The van der Waals surface area contributed by atoms with Crippen LogP contribution < -0.4 is 10.5 Å². The van der Waals surface area contributed by atoms with Crippen molar-refractivity contribution in [1.82, 2.24) is 14.6 Å². The molecule has 0 unspecified atom stereocenters. The first-order valence-corrected chi connectivity index (χ1v) is 7.54. The molecule has 0 aliphatic heterocycles. The van der Waals surface area contributed by atoms with E-state index >= 15 is 0 Å². The van der Waals surface area contributed by atoms with Crippen molar-refractivity contribution in [3.63, 3.8) is 0 Å². The fourth-order valence-electron chi connectivity index (χ4n) is 2.79. The topological polar surface area (TPSA) is 50.5 Å². The molecule has 0 N–H and O–H groups in total. The lowest BCUT2D eigenvalue weighted by Gasteiger charge is -2.33. The third kappa shape index (κ3) is 2.36. The van der Waals surface area contributed by atoms with Gasteiger partial charge in [-0.1, -0.05) is 31.1 Å². The van der Waals surface area contributed by atoms with Gasteiger partial charge in [0.2, 0.25) is 10.1 Å². The number of hydrogen-bond acceptors (Lipinski definition) is 5. The maximum Gasteiger partial charge on any atom is 0.275 e. The first-order chi connectivity index (χ1) is 9.15. The van der Waals surface area contributed by atoms with Gasteiger partial charge >= 0.3 is 0 Å². The predicted molar refractivity (Wildman–Crippen MR) is 77.0 cm³/mol. The Morgan fingerprint density at radius 2 is 2.32 bits per heavy atom. The summed E-state index contributed by atoms with van der Waals surface area (Å²) in [6, 6.07) is 1.97. The molecule has 19 heavy (non-hydrogen) atoms. The molecule has 0 bridgehead atoms. The molecule has 0 saturated heterocycles. The summed E-state index contributed by atoms with van der Waals surface area (Å²) in [6.07, 6.45) is 6.56. The highest BCUT2D eigenvalue weighted by Gasteiger charge is 2.24. The van der Waals surface area contributed by atoms with E-state index in [1.165, 1.54) is 47.6 Å². The van der Waals surface area contributed by atoms with Gasteiger partial charge in [0.15, 0.2) is 0 Å². The van der Waals surface area contributed by atoms with Crippen LogP contribution in [0.2, 0.25) is 0 Å². The van der Waals surface area contributed by atoms with Gasteiger partial charge in [-0.3, -0.25) is 4.79 Å². The molecule has 0 spiro atoms. The summed E-state index contributed by atoms with van der Waals surface area (Å²) in [6.45, 7) is 2.31. The van der Waals surface area contributed by atoms with E-state index in [1.54, 1.807) is 6.20 Å². The van der Waals surface area contributed by atoms with E-state index in [2.05, 4.69) is 29.0 Å². The van der Waals surface area contributed by atoms with Crippen molar-refractivity contribution in [3.05, 3.63) is 22.6 Å². The largest absolute Gasteiger partial charge is 0.347 e. The Bertz CT molecular complexity index is 635. The molecule has 0 radical (unpaired) electrons. The van der Waals surface area contributed by atoms with Gasteiger partial charge in [-0.2, -0.15) is 4.52 Å². The molecule has 1 aliphatic rings. The van der Waals surface area contributed by atoms with Crippen molar-refractivity contribution >= 4 is 21.4 Å². The maximum atomic E-state index is 11.7. The molecule has 2 atom stereocenters. The van der Waals surface area contributed by atoms with E-state index in [0.717, 1.165) is 11.0 Å². The second kappa shape index (κ2) is 4.92. The van der Waals surface area contributed by atoms with Crippen LogP contribution in [0.15, 0.2) is 17.1 Å². The molecular formula is C13H18N4OS. The zero-order chi connectivity index (χ0) is 13.4. The van der Waals surface area contributed by atoms with E-state index in [9.17, 15) is 4.79 Å². The molecule has 1 saturated carbocycles. The lowest BCUT2D eigenvalue weighted by molar-refractivity contribution is 0.336. The van der Waals surface area contributed by atoms with Crippen LogP contribution in [0.1, 0.15) is 32.6 Å². The van der Waals surface area contributed by atoms with Crippen LogP contribution in [0, 0.1) is 5.92 Å². The van der Waals surface area contributed by atoms with Crippen molar-refractivity contribution in [2.24, 2.45) is 5.92 Å². The minimum Gasteiger partial charge on any atom is -0.347 e. The molecule has 0 aromatic carbocycles. The van der Waals surface area contributed by atoms with Crippen molar-refractivity contribution in [2.45, 2.75) is 38.6 Å². The molecule has 2 aromatic rings. The summed E-state index contributed by atoms with van der Waals surface area (Å²) in [5.74, 6) is 0.774. The number of nitrogens with zero attached hydrogens (tertiary/aromatic N) is 4. The van der Waals surface area contributed by atoms with Gasteiger partial charge in [0, 0.05) is 25.4 Å². The summed E-state index contributed by atoms with van der Waals surface area (Å²) in [4.78, 5) is 18.8. The lowest BCUT2D eigenvalue weighted by Crippen LogP contribution is -2.35. The normalized spacial score (nSPS) is 23.7. The lowest BCUT2D eigenvalue weighted by atomic mass is 9.86. The highest BCUT2D eigenvalue weighted by Crippen LogP contribution is 2.31. The Kier molecular flexibility index (Phi) is 3.26. The van der Waals surface area contributed by atoms with Crippen molar-refractivity contribution in [3.8, 4) is 0 Å². The molecule has 2 aromatic heterocycles. The molecule has 5 nitrogen and oxygen atoms in total. The van der Waals surface area contributed by atoms with Crippen LogP contribution in [0.5, 0.6) is 0 Å². The van der Waals surface area contributed by atoms with Crippen LogP contribution in [-0.4, -0.2) is 27.7 Å². The number of rotatable bonds is 2. The van der Waals surface area contributed by atoms with Gasteiger partial charge in [-0.15, -0.1) is 5.10 Å². The fraction of sp³-hybridized carbons (Fsp3) is 0.615. The number of anilines is 1. The first-order valence-electron chi connectivity index (χ1n) is 6.73. The highest BCUT2D eigenvalue weighted by atomic mass is 32.1. The van der Waals surface area contributed by atoms with Crippen LogP contribution in [-0.2, 0) is 0 Å². The predicted octanol–water partition coefficient (Wildman–Crippen LogP) is 2.17. The first kappa shape index (κ1) is 12.6. The molecule has 3 rings (SSSR count). The minimum atomic E-state index is -0.113. The molecule has 2 heterocycles. The second-order valence-corrected chi connectivity index (χ2v) is 6.33. The van der Waals surface area contributed by atoms with Gasteiger partial charge in [-0.25, -0.2) is 4.98 Å². The average Bonchev–Trinajstić information content (AvgIpc) is 2.83. The van der Waals surface area contributed by atoms with Crippen LogP contribution in [0.4, 0.5) is 5.13 Å². The van der Waals surface area contributed by atoms with E-state index in [-0.39, 0.29) is 5.56 Å². The van der Waals surface area contributed by atoms with Crippen LogP contribution >= 0.6 is 11.3 Å². The summed E-state index contributed by atoms with van der Waals surface area (Å²) in [5, 5.41) is 5.28. The van der Waals surface area contributed by atoms with Crippen LogP contribution in [0.3, 0.4) is 0 Å². The van der Waals surface area contributed by atoms with Gasteiger partial charge < -0.3 is 4.90 Å². The molecule has 1 aliphatic carbocycles. The molecule has 102 valence electrons. The third-order valence-corrected chi connectivity index (χ3v) is 4.93. The molecule has 6 heteroatoms. The van der Waals surface area contributed by atoms with Crippen molar-refractivity contribution < 1.29 is 0 Å². The Labute approximate surface area is 115 Å². The van der Waals surface area contributed by atoms with Crippen molar-refractivity contribution in [1.29, 1.82) is 0 Å². The standard InChI is InChI=1S/C13H18N4OS/c1-9-4-3-5-10(8-9)16(2)13-15-17-11(18)6-7-14-12(17)19-13/h6-7,9-10H,3-5,8H2,1-2H3/t9-,10-/m0/s1. The second-order valence-electron chi connectivity index (χ2n) is 5.40. The van der Waals surface area contributed by atoms with Gasteiger partial charge in [-0.05, 0) is 18.8 Å². The zero-order valence-electron chi connectivity index (χ0n) is 11.2. The Hall–Kier alpha value is -1.43. The SMILES string of the molecule is C[C@H]1CCC[C@H](N(C)c2nn3c(=O)ccnc3s2)C1. The highest BCUT2D eigenvalue weighted by molar-refractivity contribution is 7.20. The summed E-state index contributed by atoms with van der Waals surface area (Å²) in [7, 11) is 2.07. The van der Waals surface area contributed by atoms with Gasteiger partial charge in [0.05, 0.1) is 0 Å². The Balaban J connectivity index is 1.91. The smallest absolute Gasteiger partial charge is 0.275 e. The monoisotopic (exact) mass is 278 g/mol. The minimum absolute atomic E-state index is 0.113. The zero-order valence-corrected chi connectivity index (χ0v) is 12.1. The quantitative estimate of drug-likeness (QED) is 0.844. The molecular weight excluding hydrogens is 260 g/mol. The van der Waals surface area contributed by atoms with Crippen LogP contribution in [0.25, 0.3) is 4.96 Å². The number of fused-ring (bicyclic) bond motifs is 1. The Morgan fingerprint density at radius 3 is 3.05 bits per heavy atom. The number of aromatic nitrogens is 3. The third-order valence-electron chi connectivity index (χ3n) is 3.92. The summed E-state index contributed by atoms with van der Waals surface area (Å²) in [5.41, 5.74) is -0.113. The van der Waals surface area contributed by atoms with E-state index in [1.807, 2.05) is 0 Å². The fourth-order valence-corrected chi connectivity index (χ4v) is 3.70. The van der Waals surface area contributed by atoms with Gasteiger partial charge in [0.25, 0.3) is 5.56 Å². The number of hydrogen-bond donors (Lipinski definition) is 0. The Morgan fingerprint density at radius 1 is 1.47 bits per heavy atom. The molecule has 0 amide bonds. The van der Waals surface area contributed by atoms with Crippen molar-refractivity contribution in [2.75, 3.05) is 11.9 Å². The van der Waals surface area contributed by atoms with E-state index in [0.29, 0.717) is 11.0 Å². The molecule has 1 fully saturated rings. The summed E-state index contributed by atoms with van der Waals surface area (Å²) < 4.78 is 1.39. The van der Waals surface area contributed by atoms with Gasteiger partial charge in [0.1, 0.15) is 0 Å².